The average Bonchev–Trinajstić information content (AvgIpc) is 3.15. The van der Waals surface area contributed by atoms with E-state index >= 15 is 0 Å². The van der Waals surface area contributed by atoms with E-state index in [1.807, 2.05) is 0 Å². The molecule has 0 radical (unpaired) electrons. The number of H-pyrrole nitrogens is 1. The van der Waals surface area contributed by atoms with Crippen LogP contribution < -0.4 is 10.2 Å². The van der Waals surface area contributed by atoms with Gasteiger partial charge in [0.1, 0.15) is 0 Å². The molecule has 7 nitrogen and oxygen atoms in total. The van der Waals surface area contributed by atoms with Crippen LogP contribution in [0.1, 0.15) is 40.7 Å². The molecule has 0 bridgehead atoms. The van der Waals surface area contributed by atoms with Crippen molar-refractivity contribution in [3.63, 3.8) is 0 Å². The second-order valence-corrected chi connectivity index (χ2v) is 5.41. The van der Waals surface area contributed by atoms with E-state index in [-0.39, 0.29) is 11.7 Å². The van der Waals surface area contributed by atoms with E-state index in [9.17, 15) is 9.90 Å². The average molecular weight is 314 g/mol. The fraction of sp³-hybridized carbons (Fsp3) is 0.312. The normalized spacial score (nSPS) is 13.7. The highest BCUT2D eigenvalue weighted by atomic mass is 16.5. The number of nitrogens with one attached hydrogen (secondary N) is 2. The van der Waals surface area contributed by atoms with Crippen LogP contribution in [-0.4, -0.2) is 34.0 Å². The fourth-order valence-electron chi connectivity index (χ4n) is 2.66. The SMILES string of the molecule is COc1cc(C(C)=NNC(=O)c2n[nH]c3c2CCC3)ccc1O. The second-order valence-electron chi connectivity index (χ2n) is 5.41. The number of hydrogen-bond acceptors (Lipinski definition) is 5. The van der Waals surface area contributed by atoms with Crippen molar-refractivity contribution in [2.75, 3.05) is 7.11 Å². The van der Waals surface area contributed by atoms with Gasteiger partial charge in [0.25, 0.3) is 5.91 Å². The van der Waals surface area contributed by atoms with Gasteiger partial charge >= 0.3 is 0 Å². The van der Waals surface area contributed by atoms with Crippen LogP contribution in [-0.2, 0) is 12.8 Å². The number of carbonyl (C=O) groups is 1. The predicted octanol–water partition coefficient (Wildman–Crippen LogP) is 1.77. The molecule has 1 aromatic heterocycles. The first-order valence-electron chi connectivity index (χ1n) is 7.38. The number of hydrazone groups is 1. The number of carbonyl (C=O) groups excluding carboxylic acids is 1. The van der Waals surface area contributed by atoms with Crippen LogP contribution in [0.3, 0.4) is 0 Å². The number of aromatic nitrogens is 2. The third kappa shape index (κ3) is 2.90. The van der Waals surface area contributed by atoms with E-state index in [1.54, 1.807) is 19.1 Å². The Bertz CT molecular complexity index is 780. The molecule has 0 saturated heterocycles. The Labute approximate surface area is 133 Å². The van der Waals surface area contributed by atoms with Gasteiger partial charge in [0, 0.05) is 16.8 Å². The summed E-state index contributed by atoms with van der Waals surface area (Å²) in [7, 11) is 1.48. The minimum Gasteiger partial charge on any atom is -0.504 e. The fourth-order valence-corrected chi connectivity index (χ4v) is 2.66. The molecule has 0 atom stereocenters. The van der Waals surface area contributed by atoms with Crippen LogP contribution in [0, 0.1) is 0 Å². The standard InChI is InChI=1S/C16H18N4O3/c1-9(10-6-7-13(21)14(8-10)23-2)17-20-16(22)15-11-4-3-5-12(11)18-19-15/h6-8,21H,3-5H2,1-2H3,(H,18,19)(H,20,22). The Morgan fingerprint density at radius 3 is 3.04 bits per heavy atom. The quantitative estimate of drug-likeness (QED) is 0.591. The zero-order valence-corrected chi connectivity index (χ0v) is 13.0. The van der Waals surface area contributed by atoms with E-state index in [1.165, 1.54) is 13.2 Å². The number of fused-ring (bicyclic) bond motifs is 1. The minimum absolute atomic E-state index is 0.0557. The number of amides is 1. The van der Waals surface area contributed by atoms with Crippen LogP contribution in [0.4, 0.5) is 0 Å². The van der Waals surface area contributed by atoms with Crippen LogP contribution in [0.15, 0.2) is 23.3 Å². The molecule has 2 aromatic rings. The lowest BCUT2D eigenvalue weighted by Gasteiger charge is -2.06. The molecule has 7 heteroatoms. The lowest BCUT2D eigenvalue weighted by Crippen LogP contribution is -2.21. The van der Waals surface area contributed by atoms with Crippen LogP contribution >= 0.6 is 0 Å². The van der Waals surface area contributed by atoms with Gasteiger partial charge in [-0.2, -0.15) is 10.2 Å². The summed E-state index contributed by atoms with van der Waals surface area (Å²) < 4.78 is 5.06. The molecular formula is C16H18N4O3. The Balaban J connectivity index is 1.75. The number of ether oxygens (including phenoxy) is 1. The van der Waals surface area contributed by atoms with Crippen molar-refractivity contribution in [1.82, 2.24) is 15.6 Å². The molecular weight excluding hydrogens is 296 g/mol. The van der Waals surface area contributed by atoms with Gasteiger partial charge in [0.05, 0.1) is 12.8 Å². The van der Waals surface area contributed by atoms with E-state index in [4.69, 9.17) is 4.74 Å². The van der Waals surface area contributed by atoms with E-state index in [0.29, 0.717) is 17.2 Å². The van der Waals surface area contributed by atoms with Crippen molar-refractivity contribution in [2.24, 2.45) is 5.10 Å². The highest BCUT2D eigenvalue weighted by Crippen LogP contribution is 2.26. The number of methoxy groups -OCH3 is 1. The van der Waals surface area contributed by atoms with E-state index in [2.05, 4.69) is 20.7 Å². The highest BCUT2D eigenvalue weighted by Gasteiger charge is 2.22. The van der Waals surface area contributed by atoms with Crippen molar-refractivity contribution < 1.29 is 14.6 Å². The Kier molecular flexibility index (Phi) is 4.01. The summed E-state index contributed by atoms with van der Waals surface area (Å²) in [5, 5.41) is 20.7. The first-order valence-corrected chi connectivity index (χ1v) is 7.38. The molecule has 0 fully saturated rings. The summed E-state index contributed by atoms with van der Waals surface area (Å²) in [6.45, 7) is 1.76. The molecule has 1 heterocycles. The Morgan fingerprint density at radius 1 is 1.43 bits per heavy atom. The maximum Gasteiger partial charge on any atom is 0.292 e. The van der Waals surface area contributed by atoms with E-state index < -0.39 is 0 Å². The molecule has 3 rings (SSSR count). The number of rotatable bonds is 4. The third-order valence-corrected chi connectivity index (χ3v) is 3.94. The third-order valence-electron chi connectivity index (χ3n) is 3.94. The summed E-state index contributed by atoms with van der Waals surface area (Å²) in [6, 6.07) is 4.89. The number of phenols is 1. The van der Waals surface area contributed by atoms with Crippen LogP contribution in [0.2, 0.25) is 0 Å². The molecule has 120 valence electrons. The molecule has 1 aliphatic carbocycles. The topological polar surface area (TPSA) is 99.6 Å². The van der Waals surface area contributed by atoms with Gasteiger partial charge < -0.3 is 9.84 Å². The molecule has 0 spiro atoms. The predicted molar refractivity (Wildman–Crippen MR) is 84.9 cm³/mol. The van der Waals surface area contributed by atoms with Gasteiger partial charge in [-0.05, 0) is 44.4 Å². The van der Waals surface area contributed by atoms with Crippen molar-refractivity contribution in [2.45, 2.75) is 26.2 Å². The van der Waals surface area contributed by atoms with Gasteiger partial charge in [0.2, 0.25) is 0 Å². The number of benzene rings is 1. The largest absolute Gasteiger partial charge is 0.504 e. The lowest BCUT2D eigenvalue weighted by molar-refractivity contribution is 0.0949. The molecule has 0 saturated carbocycles. The maximum atomic E-state index is 12.2. The number of aromatic hydroxyl groups is 1. The number of nitrogens with zero attached hydrogens (tertiary/aromatic N) is 2. The maximum absolute atomic E-state index is 12.2. The number of hydrogen-bond donors (Lipinski definition) is 3. The monoisotopic (exact) mass is 314 g/mol. The zero-order valence-electron chi connectivity index (χ0n) is 13.0. The van der Waals surface area contributed by atoms with Crippen molar-refractivity contribution in [1.29, 1.82) is 0 Å². The Hall–Kier alpha value is -2.83. The molecule has 0 unspecified atom stereocenters. The zero-order chi connectivity index (χ0) is 16.4. The van der Waals surface area contributed by atoms with Gasteiger partial charge in [-0.1, -0.05) is 0 Å². The van der Waals surface area contributed by atoms with Crippen molar-refractivity contribution in [3.05, 3.63) is 40.7 Å². The minimum atomic E-state index is -0.325. The first kappa shape index (κ1) is 15.1. The molecule has 1 aromatic carbocycles. The highest BCUT2D eigenvalue weighted by molar-refractivity contribution is 6.01. The van der Waals surface area contributed by atoms with Gasteiger partial charge in [0.15, 0.2) is 17.2 Å². The van der Waals surface area contributed by atoms with Crippen molar-refractivity contribution in [3.8, 4) is 11.5 Å². The molecule has 3 N–H and O–H groups in total. The summed E-state index contributed by atoms with van der Waals surface area (Å²) in [6.07, 6.45) is 2.84. The molecule has 1 amide bonds. The summed E-state index contributed by atoms with van der Waals surface area (Å²) in [4.78, 5) is 12.2. The van der Waals surface area contributed by atoms with Gasteiger partial charge in [-0.3, -0.25) is 9.89 Å². The van der Waals surface area contributed by atoms with Gasteiger partial charge in [-0.15, -0.1) is 0 Å². The Morgan fingerprint density at radius 2 is 2.26 bits per heavy atom. The summed E-state index contributed by atoms with van der Waals surface area (Å²) in [5.41, 5.74) is 6.31. The number of phenolic OH excluding ortho intramolecular Hbond substituents is 1. The van der Waals surface area contributed by atoms with E-state index in [0.717, 1.165) is 36.1 Å². The molecule has 0 aliphatic heterocycles. The number of aryl methyl sites for hydroxylation is 1. The number of aromatic amines is 1. The smallest absolute Gasteiger partial charge is 0.292 e. The molecule has 23 heavy (non-hydrogen) atoms. The first-order chi connectivity index (χ1) is 11.1. The van der Waals surface area contributed by atoms with Gasteiger partial charge in [-0.25, -0.2) is 5.43 Å². The lowest BCUT2D eigenvalue weighted by atomic mass is 10.1. The summed E-state index contributed by atoms with van der Waals surface area (Å²) in [5.74, 6) is 0.0863. The van der Waals surface area contributed by atoms with Crippen LogP contribution in [0.5, 0.6) is 11.5 Å². The van der Waals surface area contributed by atoms with Crippen LogP contribution in [0.25, 0.3) is 0 Å². The summed E-state index contributed by atoms with van der Waals surface area (Å²) >= 11 is 0. The second kappa shape index (κ2) is 6.12. The van der Waals surface area contributed by atoms with Crippen molar-refractivity contribution >= 4 is 11.6 Å². The molecule has 1 aliphatic rings.